The van der Waals surface area contributed by atoms with Crippen LogP contribution >= 0.6 is 11.3 Å². The van der Waals surface area contributed by atoms with Gasteiger partial charge < -0.3 is 4.74 Å². The second kappa shape index (κ2) is 6.95. The first-order valence-corrected chi connectivity index (χ1v) is 6.14. The van der Waals surface area contributed by atoms with Crippen LogP contribution in [0.25, 0.3) is 0 Å². The van der Waals surface area contributed by atoms with Crippen LogP contribution in [0.15, 0.2) is 12.1 Å². The predicted molar refractivity (Wildman–Crippen MR) is 65.0 cm³/mol. The summed E-state index contributed by atoms with van der Waals surface area (Å²) in [4.78, 5) is 2.83. The van der Waals surface area contributed by atoms with Crippen LogP contribution in [0.3, 0.4) is 0 Å². The van der Waals surface area contributed by atoms with Gasteiger partial charge in [0.05, 0.1) is 0 Å². The van der Waals surface area contributed by atoms with E-state index in [0.29, 0.717) is 6.04 Å². The Labute approximate surface area is 95.6 Å². The van der Waals surface area contributed by atoms with Gasteiger partial charge in [0, 0.05) is 29.5 Å². The predicted octanol–water partition coefficient (Wildman–Crippen LogP) is 1.72. The Kier molecular flexibility index (Phi) is 5.86. The molecule has 3 nitrogen and oxygen atoms in total. The lowest BCUT2D eigenvalue weighted by Gasteiger charge is -2.13. The molecule has 0 fully saturated rings. The molecule has 0 radical (unpaired) electrons. The second-order valence-electron chi connectivity index (χ2n) is 3.57. The highest BCUT2D eigenvalue weighted by atomic mass is 32.1. The molecule has 0 aromatic carbocycles. The Morgan fingerprint density at radius 1 is 1.47 bits per heavy atom. The molecule has 0 aliphatic heterocycles. The molecule has 1 heterocycles. The van der Waals surface area contributed by atoms with Crippen molar-refractivity contribution in [1.29, 1.82) is 0 Å². The molecule has 1 atom stereocenters. The molecule has 3 N–H and O–H groups in total. The maximum absolute atomic E-state index is 5.50. The van der Waals surface area contributed by atoms with Gasteiger partial charge in [0.1, 0.15) is 0 Å². The molecule has 0 amide bonds. The number of nitrogens with two attached hydrogens (primary N) is 1. The molecule has 4 heteroatoms. The van der Waals surface area contributed by atoms with Crippen LogP contribution in [0.2, 0.25) is 0 Å². The minimum Gasteiger partial charge on any atom is -0.385 e. The molecular formula is C11H20N2OS. The summed E-state index contributed by atoms with van der Waals surface area (Å²) in [5.41, 5.74) is 2.84. The minimum absolute atomic E-state index is 0.313. The largest absolute Gasteiger partial charge is 0.385 e. The summed E-state index contributed by atoms with van der Waals surface area (Å²) >= 11 is 1.87. The third-order valence-electron chi connectivity index (χ3n) is 2.42. The summed E-state index contributed by atoms with van der Waals surface area (Å²) in [7, 11) is 1.72. The normalized spacial score (nSPS) is 13.0. The third-order valence-corrected chi connectivity index (χ3v) is 3.67. The van der Waals surface area contributed by atoms with Crippen molar-refractivity contribution in [3.05, 3.63) is 21.9 Å². The highest BCUT2D eigenvalue weighted by molar-refractivity contribution is 7.11. The highest BCUT2D eigenvalue weighted by Crippen LogP contribution is 2.18. The van der Waals surface area contributed by atoms with Crippen LogP contribution in [0.4, 0.5) is 0 Å². The molecule has 15 heavy (non-hydrogen) atoms. The van der Waals surface area contributed by atoms with E-state index in [2.05, 4.69) is 24.5 Å². The van der Waals surface area contributed by atoms with Crippen molar-refractivity contribution < 1.29 is 4.74 Å². The SMILES string of the molecule is CCc1ccc(CC(CCOC)NN)s1. The molecule has 1 aromatic rings. The Morgan fingerprint density at radius 2 is 2.20 bits per heavy atom. The smallest absolute Gasteiger partial charge is 0.0477 e. The number of methoxy groups -OCH3 is 1. The lowest BCUT2D eigenvalue weighted by Crippen LogP contribution is -2.37. The van der Waals surface area contributed by atoms with Crippen LogP contribution in [-0.2, 0) is 17.6 Å². The first-order valence-electron chi connectivity index (χ1n) is 5.32. The molecule has 0 spiro atoms. The van der Waals surface area contributed by atoms with Gasteiger partial charge in [-0.1, -0.05) is 6.92 Å². The van der Waals surface area contributed by atoms with Gasteiger partial charge in [-0.2, -0.15) is 0 Å². The first-order chi connectivity index (χ1) is 7.30. The zero-order valence-electron chi connectivity index (χ0n) is 9.45. The number of rotatable bonds is 7. The van der Waals surface area contributed by atoms with Crippen molar-refractivity contribution in [3.63, 3.8) is 0 Å². The average molecular weight is 228 g/mol. The number of hydrogen-bond acceptors (Lipinski definition) is 4. The van der Waals surface area contributed by atoms with Crippen LogP contribution < -0.4 is 11.3 Å². The van der Waals surface area contributed by atoms with E-state index in [9.17, 15) is 0 Å². The lowest BCUT2D eigenvalue weighted by atomic mass is 10.1. The number of ether oxygens (including phenoxy) is 1. The third kappa shape index (κ3) is 4.30. The standard InChI is InChI=1S/C11H20N2OS/c1-3-10-4-5-11(15-10)8-9(13-12)6-7-14-2/h4-5,9,13H,3,6-8,12H2,1-2H3. The Balaban J connectivity index is 2.43. The van der Waals surface area contributed by atoms with E-state index in [-0.39, 0.29) is 0 Å². The van der Waals surface area contributed by atoms with Gasteiger partial charge in [-0.05, 0) is 31.4 Å². The van der Waals surface area contributed by atoms with Gasteiger partial charge in [0.25, 0.3) is 0 Å². The molecule has 0 aliphatic carbocycles. The fraction of sp³-hybridized carbons (Fsp3) is 0.636. The molecule has 1 unspecified atom stereocenters. The van der Waals surface area contributed by atoms with E-state index in [1.165, 1.54) is 9.75 Å². The van der Waals surface area contributed by atoms with Gasteiger partial charge in [0.2, 0.25) is 0 Å². The number of hydrogen-bond donors (Lipinski definition) is 2. The Bertz CT molecular complexity index is 275. The molecule has 1 aromatic heterocycles. The maximum Gasteiger partial charge on any atom is 0.0477 e. The first kappa shape index (κ1) is 12.6. The minimum atomic E-state index is 0.313. The van der Waals surface area contributed by atoms with Crippen LogP contribution in [-0.4, -0.2) is 19.8 Å². The Hall–Kier alpha value is -0.420. The molecule has 86 valence electrons. The van der Waals surface area contributed by atoms with Gasteiger partial charge in [-0.15, -0.1) is 11.3 Å². The fourth-order valence-corrected chi connectivity index (χ4v) is 2.51. The maximum atomic E-state index is 5.50. The van der Waals surface area contributed by atoms with Gasteiger partial charge >= 0.3 is 0 Å². The molecule has 0 aliphatic rings. The number of nitrogens with one attached hydrogen (secondary N) is 1. The van der Waals surface area contributed by atoms with Gasteiger partial charge in [-0.25, -0.2) is 0 Å². The van der Waals surface area contributed by atoms with Crippen molar-refractivity contribution in [1.82, 2.24) is 5.43 Å². The fourth-order valence-electron chi connectivity index (χ4n) is 1.47. The summed E-state index contributed by atoms with van der Waals surface area (Å²) in [5.74, 6) is 5.50. The molecule has 0 bridgehead atoms. The summed E-state index contributed by atoms with van der Waals surface area (Å²) in [6.07, 6.45) is 3.06. The lowest BCUT2D eigenvalue weighted by molar-refractivity contribution is 0.182. The zero-order valence-corrected chi connectivity index (χ0v) is 10.3. The molecule has 1 rings (SSSR count). The summed E-state index contributed by atoms with van der Waals surface area (Å²) in [5, 5.41) is 0. The van der Waals surface area contributed by atoms with Crippen molar-refractivity contribution >= 4 is 11.3 Å². The second-order valence-corrected chi connectivity index (χ2v) is 4.82. The molecule has 0 saturated heterocycles. The van der Waals surface area contributed by atoms with E-state index in [4.69, 9.17) is 10.6 Å². The van der Waals surface area contributed by atoms with Crippen LogP contribution in [0, 0.1) is 0 Å². The quantitative estimate of drug-likeness (QED) is 0.552. The molecule has 0 saturated carbocycles. The summed E-state index contributed by atoms with van der Waals surface area (Å²) in [6, 6.07) is 4.71. The van der Waals surface area contributed by atoms with Gasteiger partial charge in [0.15, 0.2) is 0 Å². The van der Waals surface area contributed by atoms with Crippen molar-refractivity contribution in [2.45, 2.75) is 32.2 Å². The summed E-state index contributed by atoms with van der Waals surface area (Å²) < 4.78 is 5.05. The zero-order chi connectivity index (χ0) is 11.1. The van der Waals surface area contributed by atoms with Crippen molar-refractivity contribution in [2.24, 2.45) is 5.84 Å². The van der Waals surface area contributed by atoms with E-state index in [1.54, 1.807) is 7.11 Å². The number of thiophene rings is 1. The van der Waals surface area contributed by atoms with Crippen LogP contribution in [0.1, 0.15) is 23.1 Å². The van der Waals surface area contributed by atoms with Crippen molar-refractivity contribution in [2.75, 3.05) is 13.7 Å². The van der Waals surface area contributed by atoms with Gasteiger partial charge in [-0.3, -0.25) is 11.3 Å². The number of hydrazine groups is 1. The highest BCUT2D eigenvalue weighted by Gasteiger charge is 2.08. The topological polar surface area (TPSA) is 47.3 Å². The monoisotopic (exact) mass is 228 g/mol. The van der Waals surface area contributed by atoms with Crippen LogP contribution in [0.5, 0.6) is 0 Å². The summed E-state index contributed by atoms with van der Waals surface area (Å²) in [6.45, 7) is 2.93. The van der Waals surface area contributed by atoms with E-state index in [1.807, 2.05) is 11.3 Å². The van der Waals surface area contributed by atoms with E-state index >= 15 is 0 Å². The Morgan fingerprint density at radius 3 is 2.73 bits per heavy atom. The average Bonchev–Trinajstić information content (AvgIpc) is 2.71. The van der Waals surface area contributed by atoms with E-state index < -0.39 is 0 Å². The van der Waals surface area contributed by atoms with E-state index in [0.717, 1.165) is 25.9 Å². The number of aryl methyl sites for hydroxylation is 1. The molecular weight excluding hydrogens is 208 g/mol. The van der Waals surface area contributed by atoms with Crippen molar-refractivity contribution in [3.8, 4) is 0 Å².